The topological polar surface area (TPSA) is 242 Å². The number of aromatic nitrogens is 3. The molecule has 1 heterocycles. The van der Waals surface area contributed by atoms with Gasteiger partial charge in [0.25, 0.3) is 0 Å². The first-order chi connectivity index (χ1) is 60.5. The van der Waals surface area contributed by atoms with E-state index in [1.165, 1.54) is 270 Å². The van der Waals surface area contributed by atoms with Crippen LogP contribution in [0, 0.1) is 0 Å². The van der Waals surface area contributed by atoms with E-state index in [0.29, 0.717) is 155 Å². The summed E-state index contributed by atoms with van der Waals surface area (Å²) in [6.45, 7) is 22.0. The molecule has 1 rings (SSSR count). The third-order valence-corrected chi connectivity index (χ3v) is 23.8. The maximum Gasteiger partial charge on any atom is 0.307 e. The maximum atomic E-state index is 13.2. The fraction of sp³-hybridized carbons (Fsp3) is 0.912. The Morgan fingerprint density at radius 3 is 0.455 bits per heavy atom. The molecule has 21 nitrogen and oxygen atoms in total. The molecular formula is C102H195N9O12. The molecule has 0 radical (unpaired) electrons. The summed E-state index contributed by atoms with van der Waals surface area (Å²) in [5.74, 6) is -0.235. The van der Waals surface area contributed by atoms with Gasteiger partial charge < -0.3 is 59.1 Å². The van der Waals surface area contributed by atoms with Crippen LogP contribution in [0.1, 0.15) is 485 Å². The number of esters is 6. The Labute approximate surface area is 755 Å². The van der Waals surface area contributed by atoms with Gasteiger partial charge in [0.15, 0.2) is 0 Å². The minimum absolute atomic E-state index is 0.224. The Balaban J connectivity index is 3.40. The van der Waals surface area contributed by atoms with Crippen LogP contribution in [-0.4, -0.2) is 184 Å². The number of nitrogens with zero attached hydrogens (tertiary/aromatic N) is 6. The first-order valence-corrected chi connectivity index (χ1v) is 52.5. The molecule has 123 heavy (non-hydrogen) atoms. The average Bonchev–Trinajstić information content (AvgIpc) is 0.865. The Morgan fingerprint density at radius 2 is 0.317 bits per heavy atom. The van der Waals surface area contributed by atoms with E-state index in [0.717, 1.165) is 116 Å². The van der Waals surface area contributed by atoms with Gasteiger partial charge in [0.2, 0.25) is 17.8 Å². The van der Waals surface area contributed by atoms with Crippen LogP contribution in [0.2, 0.25) is 0 Å². The van der Waals surface area contributed by atoms with Crippen LogP contribution in [0.5, 0.6) is 0 Å². The molecule has 1 aromatic rings. The molecule has 0 atom stereocenters. The van der Waals surface area contributed by atoms with Crippen molar-refractivity contribution in [2.24, 2.45) is 0 Å². The molecule has 1 aromatic heterocycles. The van der Waals surface area contributed by atoms with Gasteiger partial charge in [-0.3, -0.25) is 28.8 Å². The van der Waals surface area contributed by atoms with Gasteiger partial charge in [-0.15, -0.1) is 0 Å². The molecule has 0 spiro atoms. The number of carbonyl (C=O) groups excluding carboxylic acids is 6. The van der Waals surface area contributed by atoms with Gasteiger partial charge in [-0.05, 0) is 77.4 Å². The second kappa shape index (κ2) is 93.3. The number of hydrogen-bond acceptors (Lipinski definition) is 21. The molecule has 0 saturated carbocycles. The second-order valence-corrected chi connectivity index (χ2v) is 35.6. The van der Waals surface area contributed by atoms with Gasteiger partial charge >= 0.3 is 35.8 Å². The van der Waals surface area contributed by atoms with Crippen molar-refractivity contribution in [2.45, 2.75) is 485 Å². The molecule has 0 fully saturated rings. The molecule has 21 heteroatoms. The highest BCUT2D eigenvalue weighted by Gasteiger charge is 2.18. The number of unbranched alkanes of at least 4 members (excludes halogenated alkanes) is 54. The van der Waals surface area contributed by atoms with Crippen molar-refractivity contribution in [1.82, 2.24) is 29.7 Å². The zero-order valence-corrected chi connectivity index (χ0v) is 81.1. The normalized spacial score (nSPS) is 11.5. The van der Waals surface area contributed by atoms with Crippen LogP contribution in [0.4, 0.5) is 17.8 Å². The third-order valence-electron chi connectivity index (χ3n) is 23.8. The van der Waals surface area contributed by atoms with E-state index >= 15 is 0 Å². The molecule has 0 aliphatic heterocycles. The van der Waals surface area contributed by atoms with Gasteiger partial charge in [0, 0.05) is 58.9 Å². The minimum atomic E-state index is -0.225. The summed E-state index contributed by atoms with van der Waals surface area (Å²) in [6.07, 6.45) is 75.8. The molecule has 0 amide bonds. The molecule has 0 aliphatic rings. The summed E-state index contributed by atoms with van der Waals surface area (Å²) in [5.41, 5.74) is 0. The Bertz CT molecular complexity index is 2100. The van der Waals surface area contributed by atoms with Crippen LogP contribution in [0.25, 0.3) is 0 Å². The lowest BCUT2D eigenvalue weighted by Gasteiger charge is -2.22. The fourth-order valence-corrected chi connectivity index (χ4v) is 15.7. The summed E-state index contributed by atoms with van der Waals surface area (Å²) in [6, 6.07) is 0. The number of rotatable bonds is 99. The van der Waals surface area contributed by atoms with Crippen molar-refractivity contribution in [3.05, 3.63) is 0 Å². The summed E-state index contributed by atoms with van der Waals surface area (Å²) in [7, 11) is 0. The zero-order valence-electron chi connectivity index (χ0n) is 81.1. The number of anilines is 3. The van der Waals surface area contributed by atoms with Gasteiger partial charge in [-0.25, -0.2) is 0 Å². The largest absolute Gasteiger partial charge is 0.466 e. The molecule has 0 unspecified atom stereocenters. The lowest BCUT2D eigenvalue weighted by Crippen LogP contribution is -2.32. The first kappa shape index (κ1) is 116. The highest BCUT2D eigenvalue weighted by Crippen LogP contribution is 2.20. The molecular weight excluding hydrogens is 1540 g/mol. The van der Waals surface area contributed by atoms with Crippen molar-refractivity contribution < 1.29 is 57.2 Å². The van der Waals surface area contributed by atoms with Crippen LogP contribution in [0.3, 0.4) is 0 Å². The summed E-state index contributed by atoms with van der Waals surface area (Å²) >= 11 is 0. The standard InChI is InChI=1S/C102H195N9O12/c1-7-13-19-25-31-37-43-49-55-61-88-118-94(112)70-82-109(83-71-95(113)119-89-62-56-50-44-38-32-26-20-14-8-2)79-67-76-103-100-106-101(104-77-68-80-110(84-72-96(114)120-90-63-57-51-45-39-33-27-21-15-9-3)85-73-97(115)121-91-64-58-52-46-40-34-28-22-16-10-4)108-102(107-100)105-78-69-81-111(86-74-98(116)122-92-65-59-53-47-41-35-29-23-17-11-5)87-75-99(117)123-93-66-60-54-48-42-36-30-24-18-12-6/h7-93H2,1-6H3,(H3,103,104,105,106,107,108). The second-order valence-electron chi connectivity index (χ2n) is 35.6. The molecule has 0 aromatic carbocycles. The van der Waals surface area contributed by atoms with E-state index in [-0.39, 0.29) is 74.3 Å². The zero-order chi connectivity index (χ0) is 88.9. The van der Waals surface area contributed by atoms with Gasteiger partial charge in [0.05, 0.1) is 78.2 Å². The molecule has 0 saturated heterocycles. The number of ether oxygens (including phenoxy) is 6. The van der Waals surface area contributed by atoms with E-state index in [1.807, 2.05) is 0 Å². The highest BCUT2D eigenvalue weighted by molar-refractivity contribution is 5.71. The third kappa shape index (κ3) is 83.8. The molecule has 0 bridgehead atoms. The van der Waals surface area contributed by atoms with Gasteiger partial charge in [0.1, 0.15) is 0 Å². The van der Waals surface area contributed by atoms with Crippen molar-refractivity contribution in [3.63, 3.8) is 0 Å². The smallest absolute Gasteiger partial charge is 0.307 e. The van der Waals surface area contributed by atoms with E-state index in [1.54, 1.807) is 0 Å². The van der Waals surface area contributed by atoms with Crippen LogP contribution in [0.15, 0.2) is 0 Å². The Morgan fingerprint density at radius 1 is 0.187 bits per heavy atom. The quantitative estimate of drug-likeness (QED) is 0.0312. The fourth-order valence-electron chi connectivity index (χ4n) is 15.7. The van der Waals surface area contributed by atoms with Crippen LogP contribution >= 0.6 is 0 Å². The summed E-state index contributed by atoms with van der Waals surface area (Å²) < 4.78 is 34.5. The summed E-state index contributed by atoms with van der Waals surface area (Å²) in [4.78, 5) is 100. The number of nitrogens with one attached hydrogen (secondary N) is 3. The van der Waals surface area contributed by atoms with Crippen molar-refractivity contribution in [3.8, 4) is 0 Å². The van der Waals surface area contributed by atoms with Gasteiger partial charge in [-0.1, -0.05) is 388 Å². The summed E-state index contributed by atoms with van der Waals surface area (Å²) in [5, 5.41) is 10.4. The van der Waals surface area contributed by atoms with E-state index in [4.69, 9.17) is 43.4 Å². The first-order valence-electron chi connectivity index (χ1n) is 52.5. The van der Waals surface area contributed by atoms with Crippen molar-refractivity contribution in [2.75, 3.05) is 134 Å². The minimum Gasteiger partial charge on any atom is -0.466 e. The van der Waals surface area contributed by atoms with Crippen molar-refractivity contribution in [1.29, 1.82) is 0 Å². The van der Waals surface area contributed by atoms with E-state index < -0.39 is 0 Å². The maximum absolute atomic E-state index is 13.2. The monoisotopic (exact) mass is 1740 g/mol. The Kier molecular flexibility index (Phi) is 88.0. The van der Waals surface area contributed by atoms with Crippen LogP contribution < -0.4 is 16.0 Å². The molecule has 3 N–H and O–H groups in total. The van der Waals surface area contributed by atoms with E-state index in [9.17, 15) is 28.8 Å². The Hall–Kier alpha value is -4.89. The highest BCUT2D eigenvalue weighted by atomic mass is 16.6. The SMILES string of the molecule is CCCCCCCCCCCCOC(=O)CCN(CCCNc1nc(NCCCN(CCC(=O)OCCCCCCCCCCCC)CCC(=O)OCCCCCCCCCCCC)nc(NCCCN(CCC(=O)OCCCCCCCCCCCC)CCC(=O)OCCCCCCCCCCCC)n1)CCC(=O)OCCCCCCCCCCCC. The van der Waals surface area contributed by atoms with Gasteiger partial charge in [-0.2, -0.15) is 15.0 Å². The number of carbonyl (C=O) groups is 6. The molecule has 0 aliphatic carbocycles. The molecule has 720 valence electrons. The lowest BCUT2D eigenvalue weighted by atomic mass is 10.1. The number of hydrogen-bond donors (Lipinski definition) is 3. The predicted molar refractivity (Wildman–Crippen MR) is 513 cm³/mol. The van der Waals surface area contributed by atoms with Crippen LogP contribution in [-0.2, 0) is 57.2 Å². The van der Waals surface area contributed by atoms with Crippen molar-refractivity contribution >= 4 is 53.7 Å². The lowest BCUT2D eigenvalue weighted by molar-refractivity contribution is -0.146. The predicted octanol–water partition coefficient (Wildman–Crippen LogP) is 26.3. The average molecular weight is 1740 g/mol. The van der Waals surface area contributed by atoms with E-state index in [2.05, 4.69) is 72.2 Å².